The molecule has 0 saturated heterocycles. The van der Waals surface area contributed by atoms with Crippen LogP contribution in [0.5, 0.6) is 0 Å². The summed E-state index contributed by atoms with van der Waals surface area (Å²) in [6.45, 7) is 6.80. The topological polar surface area (TPSA) is 41.1 Å². The Labute approximate surface area is 132 Å². The minimum absolute atomic E-state index is 0.0132. The molecule has 22 heavy (non-hydrogen) atoms. The van der Waals surface area contributed by atoms with Gasteiger partial charge in [-0.3, -0.25) is 0 Å². The van der Waals surface area contributed by atoms with Gasteiger partial charge in [0, 0.05) is 6.54 Å². The van der Waals surface area contributed by atoms with Crippen LogP contribution in [0.15, 0.2) is 54.6 Å². The Kier molecular flexibility index (Phi) is 5.59. The number of aryl methyl sites for hydroxylation is 1. The SMILES string of the molecule is Cc1ccc(CNC(=O)N[C@H](c2ccccc2)C(C)C)cc1. The van der Waals surface area contributed by atoms with Gasteiger partial charge in [0.1, 0.15) is 0 Å². The van der Waals surface area contributed by atoms with Crippen molar-refractivity contribution in [2.75, 3.05) is 0 Å². The molecule has 116 valence electrons. The lowest BCUT2D eigenvalue weighted by atomic mass is 9.96. The first-order valence-corrected chi connectivity index (χ1v) is 7.71. The number of carbonyl (C=O) groups is 1. The summed E-state index contributed by atoms with van der Waals surface area (Å²) in [7, 11) is 0. The van der Waals surface area contributed by atoms with Gasteiger partial charge in [-0.25, -0.2) is 4.79 Å². The zero-order valence-corrected chi connectivity index (χ0v) is 13.5. The van der Waals surface area contributed by atoms with Crippen LogP contribution in [-0.4, -0.2) is 6.03 Å². The molecule has 0 aromatic heterocycles. The average Bonchev–Trinajstić information content (AvgIpc) is 2.52. The summed E-state index contributed by atoms with van der Waals surface area (Å²) in [5, 5.41) is 5.99. The lowest BCUT2D eigenvalue weighted by Gasteiger charge is -2.23. The van der Waals surface area contributed by atoms with E-state index in [-0.39, 0.29) is 12.1 Å². The van der Waals surface area contributed by atoms with Gasteiger partial charge in [0.15, 0.2) is 0 Å². The fourth-order valence-corrected chi connectivity index (χ4v) is 2.38. The van der Waals surface area contributed by atoms with Crippen LogP contribution >= 0.6 is 0 Å². The summed E-state index contributed by atoms with van der Waals surface area (Å²) in [5.41, 5.74) is 3.45. The maximum absolute atomic E-state index is 12.1. The molecule has 3 nitrogen and oxygen atoms in total. The van der Waals surface area contributed by atoms with E-state index in [0.717, 1.165) is 11.1 Å². The zero-order chi connectivity index (χ0) is 15.9. The summed E-state index contributed by atoms with van der Waals surface area (Å²) in [6, 6.07) is 18.1. The summed E-state index contributed by atoms with van der Waals surface area (Å²) in [4.78, 5) is 12.1. The third kappa shape index (κ3) is 4.62. The van der Waals surface area contributed by atoms with E-state index < -0.39 is 0 Å². The Morgan fingerprint density at radius 2 is 1.64 bits per heavy atom. The molecule has 0 heterocycles. The third-order valence-corrected chi connectivity index (χ3v) is 3.69. The van der Waals surface area contributed by atoms with Crippen LogP contribution in [0.25, 0.3) is 0 Å². The van der Waals surface area contributed by atoms with E-state index in [2.05, 4.69) is 43.5 Å². The van der Waals surface area contributed by atoms with Crippen molar-refractivity contribution < 1.29 is 4.79 Å². The molecule has 0 radical (unpaired) electrons. The Morgan fingerprint density at radius 1 is 1.00 bits per heavy atom. The van der Waals surface area contributed by atoms with Gasteiger partial charge < -0.3 is 10.6 Å². The third-order valence-electron chi connectivity index (χ3n) is 3.69. The van der Waals surface area contributed by atoms with Crippen molar-refractivity contribution in [2.45, 2.75) is 33.4 Å². The monoisotopic (exact) mass is 296 g/mol. The number of amides is 2. The molecule has 2 rings (SSSR count). The molecule has 2 amide bonds. The van der Waals surface area contributed by atoms with Crippen LogP contribution in [0.4, 0.5) is 4.79 Å². The number of hydrogen-bond acceptors (Lipinski definition) is 1. The quantitative estimate of drug-likeness (QED) is 0.853. The van der Waals surface area contributed by atoms with Gasteiger partial charge in [-0.15, -0.1) is 0 Å². The molecule has 0 spiro atoms. The van der Waals surface area contributed by atoms with Crippen LogP contribution in [0, 0.1) is 12.8 Å². The van der Waals surface area contributed by atoms with Gasteiger partial charge in [0.05, 0.1) is 6.04 Å². The summed E-state index contributed by atoms with van der Waals surface area (Å²) < 4.78 is 0. The smallest absolute Gasteiger partial charge is 0.315 e. The van der Waals surface area contributed by atoms with Gasteiger partial charge in [0.25, 0.3) is 0 Å². The molecule has 3 heteroatoms. The lowest BCUT2D eigenvalue weighted by molar-refractivity contribution is 0.232. The highest BCUT2D eigenvalue weighted by Crippen LogP contribution is 2.21. The van der Waals surface area contributed by atoms with Crippen LogP contribution in [0.2, 0.25) is 0 Å². The maximum atomic E-state index is 12.1. The predicted octanol–water partition coefficient (Wildman–Crippen LogP) is 4.19. The van der Waals surface area contributed by atoms with Gasteiger partial charge in [-0.05, 0) is 24.0 Å². The Morgan fingerprint density at radius 3 is 2.23 bits per heavy atom. The molecular formula is C19H24N2O. The molecule has 0 fully saturated rings. The molecular weight excluding hydrogens is 272 g/mol. The standard InChI is InChI=1S/C19H24N2O/c1-14(2)18(17-7-5-4-6-8-17)21-19(22)20-13-16-11-9-15(3)10-12-16/h4-12,14,18H,13H2,1-3H3,(H2,20,21,22)/t18-/m0/s1. The van der Waals surface area contributed by atoms with Crippen molar-refractivity contribution in [3.63, 3.8) is 0 Å². The zero-order valence-electron chi connectivity index (χ0n) is 13.5. The van der Waals surface area contributed by atoms with Crippen molar-refractivity contribution >= 4 is 6.03 Å². The molecule has 0 saturated carbocycles. The number of rotatable bonds is 5. The van der Waals surface area contributed by atoms with Crippen molar-refractivity contribution in [1.29, 1.82) is 0 Å². The highest BCUT2D eigenvalue weighted by Gasteiger charge is 2.17. The van der Waals surface area contributed by atoms with Crippen molar-refractivity contribution in [3.8, 4) is 0 Å². The molecule has 2 N–H and O–H groups in total. The molecule has 0 unspecified atom stereocenters. The first-order chi connectivity index (χ1) is 10.6. The van der Waals surface area contributed by atoms with E-state index in [1.807, 2.05) is 42.5 Å². The summed E-state index contributed by atoms with van der Waals surface area (Å²) in [6.07, 6.45) is 0. The second-order valence-corrected chi connectivity index (χ2v) is 5.94. The van der Waals surface area contributed by atoms with Crippen molar-refractivity contribution in [2.24, 2.45) is 5.92 Å². The number of benzene rings is 2. The number of carbonyl (C=O) groups excluding carboxylic acids is 1. The van der Waals surface area contributed by atoms with E-state index in [1.54, 1.807) is 0 Å². The predicted molar refractivity (Wildman–Crippen MR) is 90.6 cm³/mol. The normalized spacial score (nSPS) is 12.0. The van der Waals surface area contributed by atoms with Gasteiger partial charge >= 0.3 is 6.03 Å². The Hall–Kier alpha value is -2.29. The van der Waals surface area contributed by atoms with Gasteiger partial charge in [0.2, 0.25) is 0 Å². The minimum Gasteiger partial charge on any atom is -0.334 e. The molecule has 2 aromatic rings. The van der Waals surface area contributed by atoms with E-state index in [1.165, 1.54) is 5.56 Å². The first kappa shape index (κ1) is 16.1. The van der Waals surface area contributed by atoms with Crippen LogP contribution in [-0.2, 0) is 6.54 Å². The van der Waals surface area contributed by atoms with Gasteiger partial charge in [-0.2, -0.15) is 0 Å². The molecule has 2 aromatic carbocycles. The maximum Gasteiger partial charge on any atom is 0.315 e. The van der Waals surface area contributed by atoms with Gasteiger partial charge in [-0.1, -0.05) is 74.0 Å². The van der Waals surface area contributed by atoms with Crippen LogP contribution in [0.1, 0.15) is 36.6 Å². The molecule has 0 bridgehead atoms. The largest absolute Gasteiger partial charge is 0.334 e. The Bertz CT molecular complexity index is 591. The molecule has 1 atom stereocenters. The van der Waals surface area contributed by atoms with E-state index in [4.69, 9.17) is 0 Å². The van der Waals surface area contributed by atoms with Crippen LogP contribution < -0.4 is 10.6 Å². The van der Waals surface area contributed by atoms with Crippen molar-refractivity contribution in [1.82, 2.24) is 10.6 Å². The van der Waals surface area contributed by atoms with E-state index >= 15 is 0 Å². The van der Waals surface area contributed by atoms with Crippen molar-refractivity contribution in [3.05, 3.63) is 71.3 Å². The number of hydrogen-bond donors (Lipinski definition) is 2. The molecule has 0 aliphatic heterocycles. The average molecular weight is 296 g/mol. The highest BCUT2D eigenvalue weighted by molar-refractivity contribution is 5.74. The fraction of sp³-hybridized carbons (Fsp3) is 0.316. The summed E-state index contributed by atoms with van der Waals surface area (Å²) in [5.74, 6) is 0.326. The first-order valence-electron chi connectivity index (χ1n) is 7.71. The fourth-order valence-electron chi connectivity index (χ4n) is 2.38. The number of urea groups is 1. The van der Waals surface area contributed by atoms with Crippen LogP contribution in [0.3, 0.4) is 0 Å². The summed E-state index contributed by atoms with van der Waals surface area (Å²) >= 11 is 0. The second-order valence-electron chi connectivity index (χ2n) is 5.94. The molecule has 0 aliphatic rings. The minimum atomic E-state index is -0.136. The second kappa shape index (κ2) is 7.64. The van der Waals surface area contributed by atoms with E-state index in [0.29, 0.717) is 12.5 Å². The number of nitrogens with one attached hydrogen (secondary N) is 2. The Balaban J connectivity index is 1.93. The highest BCUT2D eigenvalue weighted by atomic mass is 16.2. The lowest BCUT2D eigenvalue weighted by Crippen LogP contribution is -2.39. The van der Waals surface area contributed by atoms with E-state index in [9.17, 15) is 4.79 Å². The molecule has 0 aliphatic carbocycles.